The molecule has 2 unspecified atom stereocenters. The van der Waals surface area contributed by atoms with E-state index in [9.17, 15) is 0 Å². The predicted molar refractivity (Wildman–Crippen MR) is 61.1 cm³/mol. The lowest BCUT2D eigenvalue weighted by atomic mass is 10.3. The van der Waals surface area contributed by atoms with Crippen molar-refractivity contribution in [2.75, 3.05) is 0 Å². The van der Waals surface area contributed by atoms with Crippen molar-refractivity contribution in [3.05, 3.63) is 22.2 Å². The van der Waals surface area contributed by atoms with Gasteiger partial charge in [0.1, 0.15) is 11.5 Å². The minimum atomic E-state index is -0.989. The molecule has 16 heavy (non-hydrogen) atoms. The number of benzene rings is 1. The van der Waals surface area contributed by atoms with E-state index >= 15 is 0 Å². The largest absolute Gasteiger partial charge is 0.464 e. The Kier molecular flexibility index (Phi) is 4.68. The van der Waals surface area contributed by atoms with Crippen molar-refractivity contribution in [1.82, 2.24) is 0 Å². The lowest BCUT2D eigenvalue weighted by Crippen LogP contribution is -2.11. The highest BCUT2D eigenvalue weighted by Gasteiger charge is 2.12. The molecule has 1 aromatic carbocycles. The SMILES string of the molecule is CC(O)Oc1cc(Cl)c(OC(C)O)cc1Cl. The molecule has 2 atom stereocenters. The normalized spacial score (nSPS) is 14.4. The number of rotatable bonds is 4. The Labute approximate surface area is 103 Å². The van der Waals surface area contributed by atoms with Gasteiger partial charge in [0, 0.05) is 12.1 Å². The zero-order valence-electron chi connectivity index (χ0n) is 8.78. The van der Waals surface area contributed by atoms with E-state index in [0.29, 0.717) is 0 Å². The topological polar surface area (TPSA) is 58.9 Å². The smallest absolute Gasteiger partial charge is 0.194 e. The fraction of sp³-hybridized carbons (Fsp3) is 0.400. The second-order valence-corrected chi connectivity index (χ2v) is 3.96. The van der Waals surface area contributed by atoms with E-state index < -0.39 is 12.6 Å². The molecule has 0 aromatic heterocycles. The van der Waals surface area contributed by atoms with Crippen molar-refractivity contribution in [1.29, 1.82) is 0 Å². The summed E-state index contributed by atoms with van der Waals surface area (Å²) in [7, 11) is 0. The molecule has 0 amide bonds. The Bertz CT molecular complexity index is 330. The van der Waals surface area contributed by atoms with Crippen molar-refractivity contribution in [3.8, 4) is 11.5 Å². The summed E-state index contributed by atoms with van der Waals surface area (Å²) in [5, 5.41) is 18.6. The first kappa shape index (κ1) is 13.4. The minimum absolute atomic E-state index is 0.237. The number of halogens is 2. The van der Waals surface area contributed by atoms with Crippen LogP contribution >= 0.6 is 23.2 Å². The van der Waals surface area contributed by atoms with Gasteiger partial charge in [-0.3, -0.25) is 0 Å². The van der Waals surface area contributed by atoms with Crippen molar-refractivity contribution in [2.45, 2.75) is 26.4 Å². The molecule has 0 radical (unpaired) electrons. The van der Waals surface area contributed by atoms with Crippen molar-refractivity contribution >= 4 is 23.2 Å². The second kappa shape index (κ2) is 5.59. The molecular weight excluding hydrogens is 255 g/mol. The highest BCUT2D eigenvalue weighted by molar-refractivity contribution is 6.35. The van der Waals surface area contributed by atoms with Crippen molar-refractivity contribution < 1.29 is 19.7 Å². The van der Waals surface area contributed by atoms with Crippen LogP contribution in [-0.2, 0) is 0 Å². The summed E-state index contributed by atoms with van der Waals surface area (Å²) in [4.78, 5) is 0. The van der Waals surface area contributed by atoms with Gasteiger partial charge >= 0.3 is 0 Å². The molecule has 90 valence electrons. The third-order valence-electron chi connectivity index (χ3n) is 1.58. The molecule has 2 N–H and O–H groups in total. The molecule has 0 heterocycles. The molecule has 0 saturated heterocycles. The molecule has 4 nitrogen and oxygen atoms in total. The summed E-state index contributed by atoms with van der Waals surface area (Å²) in [6.07, 6.45) is -1.98. The zero-order chi connectivity index (χ0) is 12.3. The Hall–Kier alpha value is -0.680. The maximum absolute atomic E-state index is 9.04. The molecule has 0 aliphatic carbocycles. The van der Waals surface area contributed by atoms with E-state index in [1.54, 1.807) is 0 Å². The number of ether oxygens (including phenoxy) is 2. The van der Waals surface area contributed by atoms with Crippen molar-refractivity contribution in [2.24, 2.45) is 0 Å². The Balaban J connectivity index is 2.97. The van der Waals surface area contributed by atoms with E-state index in [1.165, 1.54) is 26.0 Å². The van der Waals surface area contributed by atoms with Crippen LogP contribution < -0.4 is 9.47 Å². The van der Waals surface area contributed by atoms with Gasteiger partial charge in [-0.2, -0.15) is 0 Å². The van der Waals surface area contributed by atoms with Crippen LogP contribution in [0.5, 0.6) is 11.5 Å². The first-order chi connectivity index (χ1) is 7.40. The summed E-state index contributed by atoms with van der Waals surface area (Å²) in [5.41, 5.74) is 0. The van der Waals surface area contributed by atoms with Gasteiger partial charge in [0.25, 0.3) is 0 Å². The minimum Gasteiger partial charge on any atom is -0.464 e. The van der Waals surface area contributed by atoms with Gasteiger partial charge in [0.05, 0.1) is 10.0 Å². The Morgan fingerprint density at radius 3 is 1.50 bits per heavy atom. The molecule has 0 aliphatic rings. The quantitative estimate of drug-likeness (QED) is 0.822. The summed E-state index contributed by atoms with van der Waals surface area (Å²) < 4.78 is 10.0. The molecule has 0 spiro atoms. The second-order valence-electron chi connectivity index (χ2n) is 3.15. The van der Waals surface area contributed by atoms with Gasteiger partial charge < -0.3 is 19.7 Å². The van der Waals surface area contributed by atoms with Crippen LogP contribution in [-0.4, -0.2) is 22.8 Å². The van der Waals surface area contributed by atoms with E-state index in [4.69, 9.17) is 42.9 Å². The first-order valence-corrected chi connectivity index (χ1v) is 5.34. The number of hydrogen-bond donors (Lipinski definition) is 2. The van der Waals surface area contributed by atoms with E-state index in [1.807, 2.05) is 0 Å². The molecule has 0 saturated carbocycles. The summed E-state index contributed by atoms with van der Waals surface area (Å²) in [6.45, 7) is 2.90. The van der Waals surface area contributed by atoms with Crippen LogP contribution in [0.3, 0.4) is 0 Å². The number of aliphatic hydroxyl groups is 2. The molecule has 0 aliphatic heterocycles. The average molecular weight is 267 g/mol. The summed E-state index contributed by atoms with van der Waals surface area (Å²) in [6, 6.07) is 2.82. The van der Waals surface area contributed by atoms with Crippen LogP contribution in [0, 0.1) is 0 Å². The van der Waals surface area contributed by atoms with Gasteiger partial charge in [-0.1, -0.05) is 23.2 Å². The fourth-order valence-electron chi connectivity index (χ4n) is 1.06. The van der Waals surface area contributed by atoms with Gasteiger partial charge in [-0.25, -0.2) is 0 Å². The standard InChI is InChI=1S/C10H12Cl2O4/c1-5(13)15-9-3-8(12)10(4-7(9)11)16-6(2)14/h3-6,13-14H,1-2H3. The van der Waals surface area contributed by atoms with Gasteiger partial charge in [-0.15, -0.1) is 0 Å². The van der Waals surface area contributed by atoms with Crippen LogP contribution in [0.2, 0.25) is 10.0 Å². The maximum Gasteiger partial charge on any atom is 0.194 e. The van der Waals surface area contributed by atoms with E-state index in [-0.39, 0.29) is 21.5 Å². The zero-order valence-corrected chi connectivity index (χ0v) is 10.3. The third kappa shape index (κ3) is 3.72. The molecule has 0 bridgehead atoms. The Morgan fingerprint density at radius 1 is 0.938 bits per heavy atom. The van der Waals surface area contributed by atoms with E-state index in [0.717, 1.165) is 0 Å². The molecule has 0 fully saturated rings. The number of aliphatic hydroxyl groups excluding tert-OH is 2. The molecular formula is C10H12Cl2O4. The molecule has 1 rings (SSSR count). The fourth-order valence-corrected chi connectivity index (χ4v) is 1.45. The third-order valence-corrected chi connectivity index (χ3v) is 2.17. The van der Waals surface area contributed by atoms with Crippen LogP contribution in [0.1, 0.15) is 13.8 Å². The van der Waals surface area contributed by atoms with Gasteiger partial charge in [0.15, 0.2) is 12.6 Å². The van der Waals surface area contributed by atoms with Crippen molar-refractivity contribution in [3.63, 3.8) is 0 Å². The highest BCUT2D eigenvalue weighted by atomic mass is 35.5. The van der Waals surface area contributed by atoms with Crippen LogP contribution in [0.25, 0.3) is 0 Å². The van der Waals surface area contributed by atoms with Gasteiger partial charge in [0.2, 0.25) is 0 Å². The Morgan fingerprint density at radius 2 is 1.25 bits per heavy atom. The summed E-state index contributed by atoms with van der Waals surface area (Å²) >= 11 is 11.7. The number of hydrogen-bond acceptors (Lipinski definition) is 4. The monoisotopic (exact) mass is 266 g/mol. The molecule has 6 heteroatoms. The average Bonchev–Trinajstić information content (AvgIpc) is 2.11. The van der Waals surface area contributed by atoms with Crippen LogP contribution in [0.4, 0.5) is 0 Å². The first-order valence-electron chi connectivity index (χ1n) is 4.58. The molecule has 1 aromatic rings. The highest BCUT2D eigenvalue weighted by Crippen LogP contribution is 2.36. The summed E-state index contributed by atoms with van der Waals surface area (Å²) in [5.74, 6) is 0.499. The van der Waals surface area contributed by atoms with Crippen LogP contribution in [0.15, 0.2) is 12.1 Å². The van der Waals surface area contributed by atoms with E-state index in [2.05, 4.69) is 0 Å². The lowest BCUT2D eigenvalue weighted by Gasteiger charge is -2.14. The lowest BCUT2D eigenvalue weighted by molar-refractivity contribution is -0.00348. The predicted octanol–water partition coefficient (Wildman–Crippen LogP) is 2.43. The van der Waals surface area contributed by atoms with Gasteiger partial charge in [-0.05, 0) is 13.8 Å². The maximum atomic E-state index is 9.04.